The topological polar surface area (TPSA) is 21.3 Å². The van der Waals surface area contributed by atoms with Crippen molar-refractivity contribution in [3.63, 3.8) is 0 Å². The molecule has 1 unspecified atom stereocenters. The van der Waals surface area contributed by atoms with Crippen molar-refractivity contribution in [2.24, 2.45) is 0 Å². The molecule has 0 spiro atoms. The van der Waals surface area contributed by atoms with Gasteiger partial charge in [-0.15, -0.1) is 0 Å². The summed E-state index contributed by atoms with van der Waals surface area (Å²) >= 11 is 17.8. The number of hydrogen-bond acceptors (Lipinski definition) is 2. The van der Waals surface area contributed by atoms with E-state index >= 15 is 0 Å². The van der Waals surface area contributed by atoms with E-state index in [1.165, 1.54) is 19.3 Å². The van der Waals surface area contributed by atoms with Crippen LogP contribution in [0.15, 0.2) is 12.1 Å². The Balaban J connectivity index is 1.82. The van der Waals surface area contributed by atoms with Crippen molar-refractivity contribution in [3.05, 3.63) is 32.8 Å². The molecule has 2 nitrogen and oxygen atoms in total. The second-order valence-corrected chi connectivity index (χ2v) is 5.73. The number of nitrogens with one attached hydrogen (secondary N) is 1. The van der Waals surface area contributed by atoms with E-state index < -0.39 is 0 Å². The van der Waals surface area contributed by atoms with Crippen LogP contribution in [-0.4, -0.2) is 19.2 Å². The fourth-order valence-electron chi connectivity index (χ4n) is 2.08. The molecule has 18 heavy (non-hydrogen) atoms. The second kappa shape index (κ2) is 6.97. The Hall–Kier alpha value is 0.01000. The third-order valence-corrected chi connectivity index (χ3v) is 4.24. The average molecular weight is 309 g/mol. The molecule has 100 valence electrons. The van der Waals surface area contributed by atoms with Crippen LogP contribution in [0.2, 0.25) is 15.1 Å². The van der Waals surface area contributed by atoms with Gasteiger partial charge in [0.05, 0.1) is 28.3 Å². The molecule has 0 aliphatic carbocycles. The average Bonchev–Trinajstić information content (AvgIpc) is 2.37. The molecule has 0 aromatic heterocycles. The molecule has 1 aliphatic rings. The van der Waals surface area contributed by atoms with Gasteiger partial charge < -0.3 is 10.1 Å². The van der Waals surface area contributed by atoms with E-state index in [0.717, 1.165) is 18.7 Å². The van der Waals surface area contributed by atoms with E-state index in [9.17, 15) is 0 Å². The van der Waals surface area contributed by atoms with Gasteiger partial charge in [0, 0.05) is 6.04 Å². The maximum atomic E-state index is 5.96. The van der Waals surface area contributed by atoms with Gasteiger partial charge in [-0.2, -0.15) is 0 Å². The third kappa shape index (κ3) is 4.01. The number of ether oxygens (including phenoxy) is 1. The number of hydrogen-bond donors (Lipinski definition) is 1. The minimum absolute atomic E-state index is 0.399. The molecule has 2 rings (SSSR count). The Bertz CT molecular complexity index is 382. The van der Waals surface area contributed by atoms with E-state index in [-0.39, 0.29) is 0 Å². The van der Waals surface area contributed by atoms with Gasteiger partial charge >= 0.3 is 0 Å². The van der Waals surface area contributed by atoms with Crippen molar-refractivity contribution in [1.82, 2.24) is 5.32 Å². The Morgan fingerprint density at radius 2 is 1.89 bits per heavy atom. The second-order valence-electron chi connectivity index (χ2n) is 4.54. The highest BCUT2D eigenvalue weighted by Gasteiger charge is 2.12. The molecule has 0 radical (unpaired) electrons. The summed E-state index contributed by atoms with van der Waals surface area (Å²) in [6, 6.07) is 4.06. The molecular formula is C13H16Cl3NO. The molecular weight excluding hydrogens is 293 g/mol. The number of piperidine rings is 1. The lowest BCUT2D eigenvalue weighted by Gasteiger charge is -2.23. The molecule has 1 aromatic carbocycles. The summed E-state index contributed by atoms with van der Waals surface area (Å²) in [6.07, 6.45) is 3.72. The summed E-state index contributed by atoms with van der Waals surface area (Å²) in [5, 5.41) is 4.78. The molecule has 1 aliphatic heterocycles. The Kier molecular flexibility index (Phi) is 5.58. The molecule has 0 bridgehead atoms. The van der Waals surface area contributed by atoms with E-state index in [0.29, 0.717) is 27.7 Å². The van der Waals surface area contributed by atoms with Crippen LogP contribution < -0.4 is 5.32 Å². The molecule has 0 saturated carbocycles. The predicted octanol–water partition coefficient (Wildman–Crippen LogP) is 4.31. The summed E-state index contributed by atoms with van der Waals surface area (Å²) in [5.41, 5.74) is 0.949. The van der Waals surface area contributed by atoms with Gasteiger partial charge in [0.2, 0.25) is 0 Å². The van der Waals surface area contributed by atoms with Crippen LogP contribution in [0.4, 0.5) is 0 Å². The van der Waals surface area contributed by atoms with Crippen molar-refractivity contribution < 1.29 is 4.74 Å². The fraction of sp³-hybridized carbons (Fsp3) is 0.538. The highest BCUT2D eigenvalue weighted by Crippen LogP contribution is 2.31. The first-order valence-corrected chi connectivity index (χ1v) is 7.25. The minimum atomic E-state index is 0.399. The third-order valence-electron chi connectivity index (χ3n) is 3.04. The molecule has 1 fully saturated rings. The summed E-state index contributed by atoms with van der Waals surface area (Å²) in [6.45, 7) is 2.32. The van der Waals surface area contributed by atoms with Gasteiger partial charge in [-0.1, -0.05) is 41.2 Å². The zero-order valence-electron chi connectivity index (χ0n) is 10.0. The van der Waals surface area contributed by atoms with Crippen molar-refractivity contribution in [3.8, 4) is 0 Å². The maximum Gasteiger partial charge on any atom is 0.0778 e. The van der Waals surface area contributed by atoms with Gasteiger partial charge in [-0.3, -0.25) is 0 Å². The standard InChI is InChI=1S/C13H16Cl3NO/c14-11-5-9(6-12(15)13(11)16)7-18-8-10-3-1-2-4-17-10/h5-6,10,17H,1-4,7-8H2. The molecule has 5 heteroatoms. The molecule has 1 saturated heterocycles. The van der Waals surface area contributed by atoms with Crippen LogP contribution in [0.5, 0.6) is 0 Å². The molecule has 0 amide bonds. The number of rotatable bonds is 4. The fourth-order valence-corrected chi connectivity index (χ4v) is 2.72. The van der Waals surface area contributed by atoms with Gasteiger partial charge in [-0.05, 0) is 37.1 Å². The van der Waals surface area contributed by atoms with Crippen LogP contribution >= 0.6 is 34.8 Å². The highest BCUT2D eigenvalue weighted by molar-refractivity contribution is 6.48. The number of benzene rings is 1. The minimum Gasteiger partial charge on any atom is -0.375 e. The number of halogens is 3. The monoisotopic (exact) mass is 307 g/mol. The lowest BCUT2D eigenvalue weighted by atomic mass is 10.1. The van der Waals surface area contributed by atoms with Crippen molar-refractivity contribution in [2.75, 3.05) is 13.2 Å². The van der Waals surface area contributed by atoms with E-state index in [1.807, 2.05) is 0 Å². The van der Waals surface area contributed by atoms with E-state index in [1.54, 1.807) is 12.1 Å². The summed E-state index contributed by atoms with van der Waals surface area (Å²) in [5.74, 6) is 0. The van der Waals surface area contributed by atoms with Crippen molar-refractivity contribution >= 4 is 34.8 Å². The van der Waals surface area contributed by atoms with Crippen LogP contribution in [0.25, 0.3) is 0 Å². The van der Waals surface area contributed by atoms with Gasteiger partial charge in [0.1, 0.15) is 0 Å². The summed E-state index contributed by atoms with van der Waals surface area (Å²) in [7, 11) is 0. The summed E-state index contributed by atoms with van der Waals surface area (Å²) < 4.78 is 5.69. The van der Waals surface area contributed by atoms with Gasteiger partial charge in [0.15, 0.2) is 0 Å². The maximum absolute atomic E-state index is 5.96. The largest absolute Gasteiger partial charge is 0.375 e. The van der Waals surface area contributed by atoms with Gasteiger partial charge in [0.25, 0.3) is 0 Å². The van der Waals surface area contributed by atoms with Crippen LogP contribution in [0, 0.1) is 0 Å². The quantitative estimate of drug-likeness (QED) is 0.837. The molecule has 1 N–H and O–H groups in total. The van der Waals surface area contributed by atoms with Crippen molar-refractivity contribution in [2.45, 2.75) is 31.9 Å². The normalized spacial score (nSPS) is 20.1. The van der Waals surface area contributed by atoms with Gasteiger partial charge in [-0.25, -0.2) is 0 Å². The predicted molar refractivity (Wildman–Crippen MR) is 76.8 cm³/mol. The highest BCUT2D eigenvalue weighted by atomic mass is 35.5. The first-order chi connectivity index (χ1) is 8.66. The molecule has 1 atom stereocenters. The SMILES string of the molecule is Clc1cc(COCC2CCCCN2)cc(Cl)c1Cl. The van der Waals surface area contributed by atoms with E-state index in [2.05, 4.69) is 5.32 Å². The van der Waals surface area contributed by atoms with Crippen LogP contribution in [0.1, 0.15) is 24.8 Å². The van der Waals surface area contributed by atoms with E-state index in [4.69, 9.17) is 39.5 Å². The first-order valence-electron chi connectivity index (χ1n) is 6.11. The lowest BCUT2D eigenvalue weighted by Crippen LogP contribution is -2.37. The Morgan fingerprint density at radius 1 is 1.17 bits per heavy atom. The molecule has 1 aromatic rings. The smallest absolute Gasteiger partial charge is 0.0778 e. The van der Waals surface area contributed by atoms with Crippen LogP contribution in [0.3, 0.4) is 0 Å². The Labute approximate surface area is 123 Å². The zero-order chi connectivity index (χ0) is 13.0. The first kappa shape index (κ1) is 14.4. The van der Waals surface area contributed by atoms with Crippen LogP contribution in [-0.2, 0) is 11.3 Å². The molecule has 1 heterocycles. The van der Waals surface area contributed by atoms with Crippen molar-refractivity contribution in [1.29, 1.82) is 0 Å². The zero-order valence-corrected chi connectivity index (χ0v) is 12.3. The summed E-state index contributed by atoms with van der Waals surface area (Å²) in [4.78, 5) is 0. The lowest BCUT2D eigenvalue weighted by molar-refractivity contribution is 0.0911. The Morgan fingerprint density at radius 3 is 2.50 bits per heavy atom.